The van der Waals surface area contributed by atoms with Crippen molar-refractivity contribution in [3.05, 3.63) is 29.6 Å². The van der Waals surface area contributed by atoms with Crippen LogP contribution in [0, 0.1) is 6.92 Å². The van der Waals surface area contributed by atoms with E-state index in [0.717, 1.165) is 5.52 Å². The van der Waals surface area contributed by atoms with Crippen molar-refractivity contribution in [1.29, 1.82) is 0 Å². The summed E-state index contributed by atoms with van der Waals surface area (Å²) in [6, 6.07) is 2.13. The molecule has 2 aromatic rings. The first-order valence-electron chi connectivity index (χ1n) is 4.79. The maximum atomic E-state index is 4.23. The Morgan fingerprint density at radius 3 is 2.43 bits per heavy atom. The van der Waals surface area contributed by atoms with Crippen LogP contribution < -0.4 is 0 Å². The molecule has 0 amide bonds. The second kappa shape index (κ2) is 2.80. The molecule has 74 valence electrons. The van der Waals surface area contributed by atoms with E-state index >= 15 is 0 Å². The molecule has 0 unspecified atom stereocenters. The van der Waals surface area contributed by atoms with E-state index in [9.17, 15) is 0 Å². The molecule has 0 aliphatic heterocycles. The van der Waals surface area contributed by atoms with E-state index in [1.54, 1.807) is 4.63 Å². The van der Waals surface area contributed by atoms with Crippen LogP contribution in [0.1, 0.15) is 31.9 Å². The molecule has 0 aliphatic rings. The lowest BCUT2D eigenvalue weighted by Crippen LogP contribution is -2.10. The summed E-state index contributed by atoms with van der Waals surface area (Å²) >= 11 is 0. The average Bonchev–Trinajstić information content (AvgIpc) is 2.45. The van der Waals surface area contributed by atoms with E-state index in [1.807, 2.05) is 19.3 Å². The molecule has 0 spiro atoms. The number of hydrogen-bond donors (Lipinski definition) is 0. The Morgan fingerprint density at radius 2 is 1.79 bits per heavy atom. The molecule has 2 aromatic heterocycles. The molecule has 0 aliphatic carbocycles. The van der Waals surface area contributed by atoms with Crippen molar-refractivity contribution in [1.82, 2.24) is 14.8 Å². The Labute approximate surface area is 83.8 Å². The molecule has 0 radical (unpaired) electrons. The smallest absolute Gasteiger partial charge is 0.0913 e. The highest BCUT2D eigenvalue weighted by atomic mass is 15.4. The van der Waals surface area contributed by atoms with Crippen molar-refractivity contribution in [2.75, 3.05) is 0 Å². The summed E-state index contributed by atoms with van der Waals surface area (Å²) in [5.41, 5.74) is 3.65. The molecule has 2 rings (SSSR count). The van der Waals surface area contributed by atoms with Crippen LogP contribution in [-0.2, 0) is 5.41 Å². The fourth-order valence-corrected chi connectivity index (χ4v) is 1.55. The van der Waals surface area contributed by atoms with E-state index < -0.39 is 0 Å². The topological polar surface area (TPSA) is 30.2 Å². The quantitative estimate of drug-likeness (QED) is 0.636. The first-order chi connectivity index (χ1) is 6.48. The molecule has 0 bridgehead atoms. The van der Waals surface area contributed by atoms with Crippen LogP contribution >= 0.6 is 0 Å². The molecule has 0 fully saturated rings. The van der Waals surface area contributed by atoms with Crippen molar-refractivity contribution < 1.29 is 0 Å². The van der Waals surface area contributed by atoms with Gasteiger partial charge in [-0.05, 0) is 24.0 Å². The summed E-state index contributed by atoms with van der Waals surface area (Å²) in [4.78, 5) is 0. The Kier molecular flexibility index (Phi) is 1.84. The van der Waals surface area contributed by atoms with E-state index in [2.05, 4.69) is 37.0 Å². The van der Waals surface area contributed by atoms with Gasteiger partial charge in [0.25, 0.3) is 0 Å². The van der Waals surface area contributed by atoms with E-state index in [-0.39, 0.29) is 5.41 Å². The number of fused-ring (bicyclic) bond motifs is 1. The molecule has 3 heteroatoms. The van der Waals surface area contributed by atoms with E-state index in [4.69, 9.17) is 0 Å². The lowest BCUT2D eigenvalue weighted by Gasteiger charge is -2.16. The highest BCUT2D eigenvalue weighted by Crippen LogP contribution is 2.25. The van der Waals surface area contributed by atoms with E-state index in [0.29, 0.717) is 0 Å². The molecule has 0 N–H and O–H groups in total. The van der Waals surface area contributed by atoms with Gasteiger partial charge >= 0.3 is 0 Å². The molecule has 2 heterocycles. The zero-order valence-corrected chi connectivity index (χ0v) is 9.07. The van der Waals surface area contributed by atoms with Gasteiger partial charge in [-0.15, -0.1) is 0 Å². The Balaban J connectivity index is 2.73. The fourth-order valence-electron chi connectivity index (χ4n) is 1.55. The molecular formula is C11H15N3. The van der Waals surface area contributed by atoms with Crippen molar-refractivity contribution in [3.8, 4) is 0 Å². The predicted molar refractivity (Wildman–Crippen MR) is 56.4 cm³/mol. The molecule has 0 aromatic carbocycles. The third kappa shape index (κ3) is 1.39. The highest BCUT2D eigenvalue weighted by molar-refractivity contribution is 5.56. The van der Waals surface area contributed by atoms with Crippen LogP contribution in [0.3, 0.4) is 0 Å². The van der Waals surface area contributed by atoms with Gasteiger partial charge in [-0.25, -0.2) is 0 Å². The second-order valence-corrected chi connectivity index (χ2v) is 4.72. The number of nitrogens with zero attached hydrogens (tertiary/aromatic N) is 3. The van der Waals surface area contributed by atoms with Gasteiger partial charge in [-0.3, -0.25) is 0 Å². The summed E-state index contributed by atoms with van der Waals surface area (Å²) in [6.45, 7) is 8.61. The largest absolute Gasteiger partial charge is 0.158 e. The van der Waals surface area contributed by atoms with Crippen molar-refractivity contribution in [2.45, 2.75) is 33.1 Å². The number of hydrogen-bond acceptors (Lipinski definition) is 2. The van der Waals surface area contributed by atoms with Crippen LogP contribution in [0.4, 0.5) is 0 Å². The summed E-state index contributed by atoms with van der Waals surface area (Å²) < 4.78 is 1.69. The first-order valence-corrected chi connectivity index (χ1v) is 4.79. The van der Waals surface area contributed by atoms with Gasteiger partial charge in [-0.1, -0.05) is 20.8 Å². The molecule has 3 nitrogen and oxygen atoms in total. The minimum absolute atomic E-state index is 0.122. The van der Waals surface area contributed by atoms with Crippen LogP contribution in [0.15, 0.2) is 18.5 Å². The van der Waals surface area contributed by atoms with Gasteiger partial charge in [0.2, 0.25) is 0 Å². The summed E-state index contributed by atoms with van der Waals surface area (Å²) in [5.74, 6) is 0. The Bertz CT molecular complexity index is 463. The third-order valence-electron chi connectivity index (χ3n) is 2.33. The zero-order chi connectivity index (χ0) is 10.3. The summed E-state index contributed by atoms with van der Waals surface area (Å²) in [6.07, 6.45) is 3.73. The van der Waals surface area contributed by atoms with Crippen molar-refractivity contribution in [3.63, 3.8) is 0 Å². The van der Waals surface area contributed by atoms with Gasteiger partial charge in [0.15, 0.2) is 0 Å². The lowest BCUT2D eigenvalue weighted by atomic mass is 9.88. The van der Waals surface area contributed by atoms with Crippen molar-refractivity contribution >= 4 is 5.52 Å². The number of aryl methyl sites for hydroxylation is 1. The van der Waals surface area contributed by atoms with Crippen LogP contribution in [-0.4, -0.2) is 14.8 Å². The normalized spacial score (nSPS) is 12.3. The van der Waals surface area contributed by atoms with Gasteiger partial charge in [-0.2, -0.15) is 14.8 Å². The summed E-state index contributed by atoms with van der Waals surface area (Å²) in [7, 11) is 0. The Morgan fingerprint density at radius 1 is 1.14 bits per heavy atom. The minimum atomic E-state index is 0.122. The fraction of sp³-hybridized carbons (Fsp3) is 0.455. The maximum Gasteiger partial charge on any atom is 0.0913 e. The molecule has 0 saturated heterocycles. The maximum absolute atomic E-state index is 4.23. The third-order valence-corrected chi connectivity index (χ3v) is 2.33. The molecule has 0 atom stereocenters. The van der Waals surface area contributed by atoms with Gasteiger partial charge in [0, 0.05) is 5.56 Å². The minimum Gasteiger partial charge on any atom is -0.158 e. The summed E-state index contributed by atoms with van der Waals surface area (Å²) in [5, 5.41) is 8.45. The van der Waals surface area contributed by atoms with Gasteiger partial charge in [0.1, 0.15) is 0 Å². The van der Waals surface area contributed by atoms with Gasteiger partial charge < -0.3 is 0 Å². The monoisotopic (exact) mass is 189 g/mol. The predicted octanol–water partition coefficient (Wildman–Crippen LogP) is 2.34. The standard InChI is InChI=1S/C11H15N3/c1-8-5-10-9(11(2,3)4)7-13-14(10)12-6-8/h5-7H,1-4H3. The van der Waals surface area contributed by atoms with E-state index in [1.165, 1.54) is 11.1 Å². The Hall–Kier alpha value is -1.38. The van der Waals surface area contributed by atoms with Crippen molar-refractivity contribution in [2.24, 2.45) is 0 Å². The van der Waals surface area contributed by atoms with Gasteiger partial charge in [0.05, 0.1) is 17.9 Å². The first kappa shape index (κ1) is 9.19. The van der Waals surface area contributed by atoms with Crippen LogP contribution in [0.25, 0.3) is 5.52 Å². The SMILES string of the molecule is Cc1cnn2ncc(C(C)(C)C)c2c1. The molecule has 0 saturated carbocycles. The zero-order valence-electron chi connectivity index (χ0n) is 9.07. The number of aromatic nitrogens is 3. The number of rotatable bonds is 0. The second-order valence-electron chi connectivity index (χ2n) is 4.72. The molecule has 14 heavy (non-hydrogen) atoms. The average molecular weight is 189 g/mol. The highest BCUT2D eigenvalue weighted by Gasteiger charge is 2.18. The van der Waals surface area contributed by atoms with Crippen LogP contribution in [0.2, 0.25) is 0 Å². The molecular weight excluding hydrogens is 174 g/mol. The lowest BCUT2D eigenvalue weighted by molar-refractivity contribution is 0.595. The van der Waals surface area contributed by atoms with Crippen LogP contribution in [0.5, 0.6) is 0 Å².